The highest BCUT2D eigenvalue weighted by molar-refractivity contribution is 5.46. The molecule has 3 heteroatoms. The fourth-order valence-electron chi connectivity index (χ4n) is 4.77. The molecule has 0 amide bonds. The van der Waals surface area contributed by atoms with Crippen molar-refractivity contribution in [2.45, 2.75) is 59.9 Å². The summed E-state index contributed by atoms with van der Waals surface area (Å²) in [6, 6.07) is 5.27. The summed E-state index contributed by atoms with van der Waals surface area (Å²) in [6.07, 6.45) is 5.87. The molecule has 0 unspecified atom stereocenters. The molecule has 0 radical (unpaired) electrons. The molecule has 1 aromatic carbocycles. The molecule has 2 aliphatic rings. The quantitative estimate of drug-likeness (QED) is 0.766. The van der Waals surface area contributed by atoms with Crippen molar-refractivity contribution in [1.82, 2.24) is 14.7 Å². The van der Waals surface area contributed by atoms with Gasteiger partial charge in [-0.1, -0.05) is 31.5 Å². The van der Waals surface area contributed by atoms with E-state index in [-0.39, 0.29) is 0 Å². The summed E-state index contributed by atoms with van der Waals surface area (Å²) in [5.74, 6) is 0. The molecular formula is C23H35N3. The van der Waals surface area contributed by atoms with Gasteiger partial charge in [0.15, 0.2) is 0 Å². The summed E-state index contributed by atoms with van der Waals surface area (Å²) in [4.78, 5) is 7.42. The number of hydrogen-bond donors (Lipinski definition) is 0. The van der Waals surface area contributed by atoms with Gasteiger partial charge in [0.05, 0.1) is 18.1 Å². The van der Waals surface area contributed by atoms with Crippen LogP contribution < -0.4 is 0 Å². The number of hydrogen-bond acceptors (Lipinski definition) is 3. The van der Waals surface area contributed by atoms with Crippen molar-refractivity contribution in [3.63, 3.8) is 0 Å². The van der Waals surface area contributed by atoms with Crippen LogP contribution in [0.3, 0.4) is 0 Å². The molecule has 0 N–H and O–H groups in total. The Morgan fingerprint density at radius 2 is 1.58 bits per heavy atom. The molecular weight excluding hydrogens is 318 g/mol. The fraction of sp³-hybridized carbons (Fsp3) is 0.565. The zero-order valence-corrected chi connectivity index (χ0v) is 17.7. The molecule has 2 heterocycles. The molecule has 0 saturated heterocycles. The maximum absolute atomic E-state index is 2.53. The second-order valence-corrected chi connectivity index (χ2v) is 8.20. The van der Waals surface area contributed by atoms with Crippen molar-refractivity contribution in [1.29, 1.82) is 0 Å². The molecule has 142 valence electrons. The second kappa shape index (κ2) is 7.38. The van der Waals surface area contributed by atoms with Crippen LogP contribution in [-0.2, 0) is 6.42 Å². The third kappa shape index (κ3) is 3.36. The van der Waals surface area contributed by atoms with E-state index in [0.717, 1.165) is 19.6 Å². The molecule has 0 fully saturated rings. The summed E-state index contributed by atoms with van der Waals surface area (Å²) < 4.78 is 0. The van der Waals surface area contributed by atoms with Crippen molar-refractivity contribution >= 4 is 0 Å². The average Bonchev–Trinajstić information content (AvgIpc) is 2.89. The van der Waals surface area contributed by atoms with E-state index in [1.165, 1.54) is 46.5 Å². The molecule has 3 rings (SSSR count). The van der Waals surface area contributed by atoms with E-state index in [2.05, 4.69) is 81.7 Å². The molecule has 1 aromatic rings. The smallest absolute Gasteiger partial charge is 0.0899 e. The van der Waals surface area contributed by atoms with E-state index < -0.39 is 0 Å². The van der Waals surface area contributed by atoms with Crippen molar-refractivity contribution in [3.8, 4) is 0 Å². The lowest BCUT2D eigenvalue weighted by Gasteiger charge is -2.40. The molecule has 2 aliphatic heterocycles. The van der Waals surface area contributed by atoms with Gasteiger partial charge in [-0.05, 0) is 62.3 Å². The maximum Gasteiger partial charge on any atom is 0.0899 e. The van der Waals surface area contributed by atoms with Gasteiger partial charge in [-0.3, -0.25) is 0 Å². The molecule has 3 nitrogen and oxygen atoms in total. The predicted molar refractivity (Wildman–Crippen MR) is 111 cm³/mol. The van der Waals surface area contributed by atoms with Crippen LogP contribution in [0, 0.1) is 20.8 Å². The zero-order valence-electron chi connectivity index (χ0n) is 17.7. The van der Waals surface area contributed by atoms with Crippen LogP contribution in [0.25, 0.3) is 0 Å². The van der Waals surface area contributed by atoms with Crippen molar-refractivity contribution in [2.75, 3.05) is 27.3 Å². The molecule has 0 aliphatic carbocycles. The van der Waals surface area contributed by atoms with E-state index in [1.54, 1.807) is 5.57 Å². The highest BCUT2D eigenvalue weighted by atomic mass is 15.4. The molecule has 0 spiro atoms. The van der Waals surface area contributed by atoms with Gasteiger partial charge in [-0.25, -0.2) is 0 Å². The van der Waals surface area contributed by atoms with Gasteiger partial charge in [0.25, 0.3) is 0 Å². The Labute approximate surface area is 160 Å². The van der Waals surface area contributed by atoms with Crippen LogP contribution in [0.4, 0.5) is 0 Å². The van der Waals surface area contributed by atoms with Gasteiger partial charge in [-0.15, -0.1) is 0 Å². The van der Waals surface area contributed by atoms with Crippen molar-refractivity contribution in [2.24, 2.45) is 0 Å². The molecule has 0 bridgehead atoms. The third-order valence-corrected chi connectivity index (χ3v) is 6.10. The first-order valence-electron chi connectivity index (χ1n) is 10.0. The van der Waals surface area contributed by atoms with Crippen molar-refractivity contribution in [3.05, 3.63) is 57.6 Å². The Bertz CT molecular complexity index is 717. The zero-order chi connectivity index (χ0) is 19.0. The summed E-state index contributed by atoms with van der Waals surface area (Å²) >= 11 is 0. The molecule has 0 aromatic heterocycles. The summed E-state index contributed by atoms with van der Waals surface area (Å²) in [6.45, 7) is 13.3. The van der Waals surface area contributed by atoms with Crippen molar-refractivity contribution < 1.29 is 0 Å². The number of likely N-dealkylation sites (N-methyl/N-ethyl adjacent to an activating group) is 2. The van der Waals surface area contributed by atoms with Gasteiger partial charge in [0.1, 0.15) is 0 Å². The second-order valence-electron chi connectivity index (χ2n) is 8.20. The first-order chi connectivity index (χ1) is 12.3. The molecule has 0 atom stereocenters. The SMILES string of the molecule is CCC(CC)N1C=C2C(=C(Cc3c(C)cc(C)cc3C)CN2C)N(C)C1. The number of fused-ring (bicyclic) bond motifs is 1. The van der Waals surface area contributed by atoms with E-state index in [0.29, 0.717) is 6.04 Å². The number of rotatable bonds is 5. The predicted octanol–water partition coefficient (Wildman–Crippen LogP) is 4.59. The van der Waals surface area contributed by atoms with E-state index in [4.69, 9.17) is 0 Å². The minimum absolute atomic E-state index is 0.630. The van der Waals surface area contributed by atoms with Crippen LogP contribution in [0.15, 0.2) is 35.3 Å². The minimum atomic E-state index is 0.630. The van der Waals surface area contributed by atoms with E-state index in [1.807, 2.05) is 0 Å². The first-order valence-corrected chi connectivity index (χ1v) is 10.0. The normalized spacial score (nSPS) is 17.4. The highest BCUT2D eigenvalue weighted by Gasteiger charge is 2.32. The van der Waals surface area contributed by atoms with Gasteiger partial charge in [-0.2, -0.15) is 0 Å². The molecule has 26 heavy (non-hydrogen) atoms. The van der Waals surface area contributed by atoms with Crippen LogP contribution in [0.2, 0.25) is 0 Å². The molecule has 0 saturated carbocycles. The van der Waals surface area contributed by atoms with E-state index >= 15 is 0 Å². The van der Waals surface area contributed by atoms with Crippen LogP contribution >= 0.6 is 0 Å². The fourth-order valence-corrected chi connectivity index (χ4v) is 4.77. The standard InChI is InChI=1S/C23H35N3/c1-8-20(9-2)26-14-22-23(25(7)15-26)19(13-24(22)6)12-21-17(4)10-16(3)11-18(21)5/h10-11,14,20H,8-9,12-13,15H2,1-7H3. The summed E-state index contributed by atoms with van der Waals surface area (Å²) in [5.41, 5.74) is 10.1. The number of nitrogens with zero attached hydrogens (tertiary/aromatic N) is 3. The Balaban J connectivity index is 1.96. The number of benzene rings is 1. The minimum Gasteiger partial charge on any atom is -0.368 e. The largest absolute Gasteiger partial charge is 0.368 e. The summed E-state index contributed by atoms with van der Waals surface area (Å²) in [5, 5.41) is 0. The van der Waals surface area contributed by atoms with Gasteiger partial charge < -0.3 is 14.7 Å². The lowest BCUT2D eigenvalue weighted by atomic mass is 9.93. The third-order valence-electron chi connectivity index (χ3n) is 6.10. The Morgan fingerprint density at radius 3 is 2.15 bits per heavy atom. The van der Waals surface area contributed by atoms with Crippen LogP contribution in [0.1, 0.15) is 48.9 Å². The monoisotopic (exact) mass is 353 g/mol. The Hall–Kier alpha value is -1.90. The lowest BCUT2D eigenvalue weighted by molar-refractivity contribution is 0.159. The Kier molecular flexibility index (Phi) is 5.36. The van der Waals surface area contributed by atoms with Crippen LogP contribution in [-0.4, -0.2) is 48.1 Å². The number of aryl methyl sites for hydroxylation is 3. The first kappa shape index (κ1) is 18.9. The van der Waals surface area contributed by atoms with Gasteiger partial charge in [0.2, 0.25) is 0 Å². The average molecular weight is 354 g/mol. The summed E-state index contributed by atoms with van der Waals surface area (Å²) in [7, 11) is 4.49. The van der Waals surface area contributed by atoms with Crippen LogP contribution in [0.5, 0.6) is 0 Å². The highest BCUT2D eigenvalue weighted by Crippen LogP contribution is 2.36. The van der Waals surface area contributed by atoms with Gasteiger partial charge in [0, 0.05) is 32.9 Å². The Morgan fingerprint density at radius 1 is 0.962 bits per heavy atom. The van der Waals surface area contributed by atoms with Gasteiger partial charge >= 0.3 is 0 Å². The maximum atomic E-state index is 2.53. The van der Waals surface area contributed by atoms with E-state index in [9.17, 15) is 0 Å². The topological polar surface area (TPSA) is 9.72 Å². The lowest BCUT2D eigenvalue weighted by Crippen LogP contribution is -2.43.